The summed E-state index contributed by atoms with van der Waals surface area (Å²) in [6, 6.07) is 0.472. The maximum atomic E-state index is 10.7. The SMILES string of the molecule is CN1CCC[C@](O)(CN2CCCC[C@H]2CCO)C1. The van der Waals surface area contributed by atoms with Crippen molar-refractivity contribution >= 4 is 0 Å². The van der Waals surface area contributed by atoms with Crippen molar-refractivity contribution in [3.63, 3.8) is 0 Å². The van der Waals surface area contributed by atoms with Gasteiger partial charge in [0.25, 0.3) is 0 Å². The normalized spacial score (nSPS) is 35.8. The van der Waals surface area contributed by atoms with Gasteiger partial charge in [-0.1, -0.05) is 6.42 Å². The third-order valence-corrected chi connectivity index (χ3v) is 4.46. The van der Waals surface area contributed by atoms with Gasteiger partial charge in [0, 0.05) is 25.7 Å². The minimum Gasteiger partial charge on any atom is -0.396 e. The Balaban J connectivity index is 1.92. The Hall–Kier alpha value is -0.160. The summed E-state index contributed by atoms with van der Waals surface area (Å²) >= 11 is 0. The highest BCUT2D eigenvalue weighted by Gasteiger charge is 2.36. The summed E-state index contributed by atoms with van der Waals surface area (Å²) in [5.74, 6) is 0. The molecule has 4 heteroatoms. The molecule has 18 heavy (non-hydrogen) atoms. The van der Waals surface area contributed by atoms with E-state index in [2.05, 4.69) is 16.8 Å². The van der Waals surface area contributed by atoms with Crippen molar-refractivity contribution in [1.82, 2.24) is 9.80 Å². The van der Waals surface area contributed by atoms with Gasteiger partial charge in [-0.3, -0.25) is 4.90 Å². The zero-order valence-corrected chi connectivity index (χ0v) is 11.6. The summed E-state index contributed by atoms with van der Waals surface area (Å²) < 4.78 is 0. The summed E-state index contributed by atoms with van der Waals surface area (Å²) in [6.45, 7) is 4.01. The largest absolute Gasteiger partial charge is 0.396 e. The van der Waals surface area contributed by atoms with E-state index in [9.17, 15) is 5.11 Å². The summed E-state index contributed by atoms with van der Waals surface area (Å²) in [5.41, 5.74) is -0.544. The average molecular weight is 256 g/mol. The maximum Gasteiger partial charge on any atom is 0.0900 e. The van der Waals surface area contributed by atoms with Crippen molar-refractivity contribution in [1.29, 1.82) is 0 Å². The van der Waals surface area contributed by atoms with Gasteiger partial charge >= 0.3 is 0 Å². The third kappa shape index (κ3) is 3.67. The molecule has 2 N–H and O–H groups in total. The number of nitrogens with zero attached hydrogens (tertiary/aromatic N) is 2. The van der Waals surface area contributed by atoms with Gasteiger partial charge in [0.15, 0.2) is 0 Å². The lowest BCUT2D eigenvalue weighted by Gasteiger charge is -2.44. The Kier molecular flexibility index (Phi) is 5.01. The molecule has 2 saturated heterocycles. The number of likely N-dealkylation sites (tertiary alicyclic amines) is 2. The van der Waals surface area contributed by atoms with Crippen molar-refractivity contribution in [2.75, 3.05) is 39.8 Å². The highest BCUT2D eigenvalue weighted by molar-refractivity contribution is 4.91. The fourth-order valence-corrected chi connectivity index (χ4v) is 3.59. The van der Waals surface area contributed by atoms with E-state index >= 15 is 0 Å². The molecule has 2 atom stereocenters. The Morgan fingerprint density at radius 2 is 2.06 bits per heavy atom. The quantitative estimate of drug-likeness (QED) is 0.776. The van der Waals surface area contributed by atoms with Crippen LogP contribution in [0.3, 0.4) is 0 Å². The molecule has 0 spiro atoms. The first-order valence-electron chi connectivity index (χ1n) is 7.39. The van der Waals surface area contributed by atoms with Crippen LogP contribution in [0.15, 0.2) is 0 Å². The molecule has 0 amide bonds. The molecule has 2 aliphatic rings. The van der Waals surface area contributed by atoms with Gasteiger partial charge in [0.05, 0.1) is 5.60 Å². The molecular weight excluding hydrogens is 228 g/mol. The second kappa shape index (κ2) is 6.33. The number of rotatable bonds is 4. The van der Waals surface area contributed by atoms with Gasteiger partial charge in [0.2, 0.25) is 0 Å². The van der Waals surface area contributed by atoms with Crippen LogP contribution in [0.1, 0.15) is 38.5 Å². The van der Waals surface area contributed by atoms with E-state index in [4.69, 9.17) is 5.11 Å². The number of piperidine rings is 2. The van der Waals surface area contributed by atoms with Crippen LogP contribution >= 0.6 is 0 Å². The molecular formula is C14H28N2O2. The smallest absolute Gasteiger partial charge is 0.0900 e. The summed E-state index contributed by atoms with van der Waals surface area (Å²) in [6.07, 6.45) is 6.52. The predicted molar refractivity (Wildman–Crippen MR) is 72.6 cm³/mol. The maximum absolute atomic E-state index is 10.7. The fraction of sp³-hybridized carbons (Fsp3) is 1.00. The van der Waals surface area contributed by atoms with Crippen LogP contribution in [0, 0.1) is 0 Å². The number of aliphatic hydroxyl groups excluding tert-OH is 1. The second-order valence-corrected chi connectivity index (χ2v) is 6.20. The highest BCUT2D eigenvalue weighted by atomic mass is 16.3. The molecule has 0 aliphatic carbocycles. The number of likely N-dealkylation sites (N-methyl/N-ethyl adjacent to an activating group) is 1. The van der Waals surface area contributed by atoms with E-state index in [1.54, 1.807) is 0 Å². The molecule has 0 saturated carbocycles. The highest BCUT2D eigenvalue weighted by Crippen LogP contribution is 2.26. The molecule has 0 unspecified atom stereocenters. The summed E-state index contributed by atoms with van der Waals surface area (Å²) in [4.78, 5) is 4.65. The molecule has 2 aliphatic heterocycles. The van der Waals surface area contributed by atoms with Gasteiger partial charge in [0.1, 0.15) is 0 Å². The topological polar surface area (TPSA) is 46.9 Å². The summed E-state index contributed by atoms with van der Waals surface area (Å²) in [7, 11) is 2.09. The number of hydrogen-bond donors (Lipinski definition) is 2. The predicted octanol–water partition coefficient (Wildman–Crippen LogP) is 0.680. The molecule has 2 heterocycles. The first kappa shape index (κ1) is 14.3. The Bertz CT molecular complexity index is 260. The average Bonchev–Trinajstić information content (AvgIpc) is 2.31. The molecule has 0 radical (unpaired) electrons. The minimum atomic E-state index is -0.544. The van der Waals surface area contributed by atoms with Crippen molar-refractivity contribution < 1.29 is 10.2 Å². The first-order chi connectivity index (χ1) is 8.63. The number of β-amino-alcohol motifs (C(OH)–C–C–N with tert-alkyl or cyclic N) is 1. The van der Waals surface area contributed by atoms with E-state index in [0.29, 0.717) is 6.04 Å². The molecule has 4 nitrogen and oxygen atoms in total. The number of aliphatic hydroxyl groups is 2. The van der Waals surface area contributed by atoms with E-state index in [1.165, 1.54) is 19.3 Å². The standard InChI is InChI=1S/C14H28N2O2/c1-15-8-4-7-14(18,11-15)12-16-9-3-2-5-13(16)6-10-17/h13,17-18H,2-12H2,1H3/t13-,14+/m0/s1. The van der Waals surface area contributed by atoms with Gasteiger partial charge in [-0.15, -0.1) is 0 Å². The Morgan fingerprint density at radius 3 is 2.78 bits per heavy atom. The van der Waals surface area contributed by atoms with Crippen LogP contribution in [0.5, 0.6) is 0 Å². The van der Waals surface area contributed by atoms with Crippen molar-refractivity contribution in [3.05, 3.63) is 0 Å². The van der Waals surface area contributed by atoms with Gasteiger partial charge < -0.3 is 15.1 Å². The molecule has 2 rings (SSSR count). The lowest BCUT2D eigenvalue weighted by atomic mass is 9.90. The van der Waals surface area contributed by atoms with Gasteiger partial charge in [-0.25, -0.2) is 0 Å². The summed E-state index contributed by atoms with van der Waals surface area (Å²) in [5, 5.41) is 19.9. The molecule has 0 aromatic heterocycles. The molecule has 0 aromatic rings. The fourth-order valence-electron chi connectivity index (χ4n) is 3.59. The van der Waals surface area contributed by atoms with Gasteiger partial charge in [-0.2, -0.15) is 0 Å². The van der Waals surface area contributed by atoms with E-state index in [0.717, 1.165) is 45.4 Å². The first-order valence-corrected chi connectivity index (χ1v) is 7.39. The van der Waals surface area contributed by atoms with Crippen molar-refractivity contribution in [2.24, 2.45) is 0 Å². The zero-order chi connectivity index (χ0) is 13.0. The minimum absolute atomic E-state index is 0.263. The third-order valence-electron chi connectivity index (χ3n) is 4.46. The molecule has 2 fully saturated rings. The van der Waals surface area contributed by atoms with E-state index in [1.807, 2.05) is 0 Å². The van der Waals surface area contributed by atoms with Crippen LogP contribution in [0.2, 0.25) is 0 Å². The lowest BCUT2D eigenvalue weighted by Crippen LogP contribution is -2.56. The van der Waals surface area contributed by atoms with Crippen molar-refractivity contribution in [2.45, 2.75) is 50.2 Å². The van der Waals surface area contributed by atoms with E-state index in [-0.39, 0.29) is 6.61 Å². The Labute approximate surface area is 111 Å². The van der Waals surface area contributed by atoms with Gasteiger partial charge in [-0.05, 0) is 52.2 Å². The monoisotopic (exact) mass is 256 g/mol. The van der Waals surface area contributed by atoms with Crippen LogP contribution in [0.4, 0.5) is 0 Å². The lowest BCUT2D eigenvalue weighted by molar-refractivity contribution is -0.0614. The van der Waals surface area contributed by atoms with Crippen LogP contribution < -0.4 is 0 Å². The van der Waals surface area contributed by atoms with E-state index < -0.39 is 5.60 Å². The van der Waals surface area contributed by atoms with Crippen molar-refractivity contribution in [3.8, 4) is 0 Å². The molecule has 0 aromatic carbocycles. The van der Waals surface area contributed by atoms with Crippen LogP contribution in [-0.2, 0) is 0 Å². The van der Waals surface area contributed by atoms with Crippen LogP contribution in [-0.4, -0.2) is 71.5 Å². The second-order valence-electron chi connectivity index (χ2n) is 6.20. The Morgan fingerprint density at radius 1 is 1.22 bits per heavy atom. The molecule has 0 bridgehead atoms. The zero-order valence-electron chi connectivity index (χ0n) is 11.6. The van der Waals surface area contributed by atoms with Crippen LogP contribution in [0.25, 0.3) is 0 Å². The number of hydrogen-bond acceptors (Lipinski definition) is 4. The molecule has 106 valence electrons.